The number of esters is 2. The summed E-state index contributed by atoms with van der Waals surface area (Å²) in [5.41, 5.74) is 1.32. The molecule has 2 aromatic carbocycles. The molecule has 2 aromatic rings. The van der Waals surface area contributed by atoms with Crippen molar-refractivity contribution in [3.63, 3.8) is 0 Å². The zero-order valence-corrected chi connectivity index (χ0v) is 25.5. The number of fused-ring (bicyclic) bond motifs is 9. The van der Waals surface area contributed by atoms with E-state index in [2.05, 4.69) is 32.2 Å². The Bertz CT molecular complexity index is 1180. The topological polar surface area (TPSA) is 61.8 Å². The van der Waals surface area contributed by atoms with E-state index in [1.54, 1.807) is 31.4 Å². The highest BCUT2D eigenvalue weighted by Gasteiger charge is 2.67. The van der Waals surface area contributed by atoms with Gasteiger partial charge in [0, 0.05) is 16.6 Å². The molecule has 0 radical (unpaired) electrons. The number of rotatable bonds is 8. The van der Waals surface area contributed by atoms with Crippen LogP contribution in [0.5, 0.6) is 5.75 Å². The molecule has 4 fully saturated rings. The Morgan fingerprint density at radius 1 is 0.975 bits per heavy atom. The van der Waals surface area contributed by atoms with Gasteiger partial charge in [0.25, 0.3) is 0 Å². The van der Waals surface area contributed by atoms with Gasteiger partial charge in [-0.2, -0.15) is 12.6 Å². The van der Waals surface area contributed by atoms with Crippen LogP contribution in [0.15, 0.2) is 53.4 Å². The third-order valence-corrected chi connectivity index (χ3v) is 10.6. The van der Waals surface area contributed by atoms with Gasteiger partial charge < -0.3 is 14.2 Å². The summed E-state index contributed by atoms with van der Waals surface area (Å²) in [6.07, 6.45) is 8.04. The van der Waals surface area contributed by atoms with E-state index < -0.39 is 0 Å². The molecule has 4 aliphatic rings. The van der Waals surface area contributed by atoms with Gasteiger partial charge >= 0.3 is 11.9 Å². The molecule has 0 N–H and O–H groups in total. The van der Waals surface area contributed by atoms with Gasteiger partial charge in [-0.05, 0) is 117 Å². The van der Waals surface area contributed by atoms with Crippen molar-refractivity contribution in [3.05, 3.63) is 59.7 Å². The number of carbonyl (C=O) groups is 2. The van der Waals surface area contributed by atoms with E-state index in [9.17, 15) is 9.59 Å². The van der Waals surface area contributed by atoms with Gasteiger partial charge in [0.05, 0.1) is 19.1 Å². The van der Waals surface area contributed by atoms with Gasteiger partial charge in [-0.3, -0.25) is 4.79 Å². The summed E-state index contributed by atoms with van der Waals surface area (Å²) in [6.45, 7) is 4.06. The summed E-state index contributed by atoms with van der Waals surface area (Å²) in [6, 6.07) is 14.4. The molecule has 0 aromatic heterocycles. The van der Waals surface area contributed by atoms with Crippen molar-refractivity contribution in [2.75, 3.05) is 12.9 Å². The van der Waals surface area contributed by atoms with Crippen molar-refractivity contribution in [1.29, 1.82) is 0 Å². The van der Waals surface area contributed by atoms with Crippen LogP contribution in [0.25, 0.3) is 0 Å². The first-order valence-corrected chi connectivity index (χ1v) is 15.8. The Balaban J connectivity index is 0.000000161. The van der Waals surface area contributed by atoms with Gasteiger partial charge in [-0.15, -0.1) is 12.6 Å². The van der Waals surface area contributed by atoms with Crippen molar-refractivity contribution in [3.8, 4) is 5.75 Å². The Kier molecular flexibility index (Phi) is 9.11. The average Bonchev–Trinajstić information content (AvgIpc) is 3.74. The second-order valence-electron chi connectivity index (χ2n) is 12.0. The van der Waals surface area contributed by atoms with Gasteiger partial charge in [0.1, 0.15) is 17.5 Å². The maximum Gasteiger partial charge on any atom is 0.338 e. The van der Waals surface area contributed by atoms with Crippen molar-refractivity contribution in [1.82, 2.24) is 0 Å². The molecule has 0 aliphatic heterocycles. The Morgan fingerprint density at radius 3 is 2.27 bits per heavy atom. The van der Waals surface area contributed by atoms with Crippen LogP contribution in [0.1, 0.15) is 80.8 Å². The van der Waals surface area contributed by atoms with Crippen molar-refractivity contribution >= 4 is 37.2 Å². The maximum absolute atomic E-state index is 12.0. The minimum absolute atomic E-state index is 0.0193. The van der Waals surface area contributed by atoms with Crippen LogP contribution in [0.3, 0.4) is 0 Å². The largest absolute Gasteiger partial charge is 0.497 e. The summed E-state index contributed by atoms with van der Waals surface area (Å²) in [4.78, 5) is 24.8. The molecule has 0 amide bonds. The highest BCUT2D eigenvalue weighted by Crippen LogP contribution is 2.70. The monoisotopic (exact) mass is 582 g/mol. The lowest BCUT2D eigenvalue weighted by Crippen LogP contribution is -2.47. The van der Waals surface area contributed by atoms with Crippen molar-refractivity contribution in [2.24, 2.45) is 35.5 Å². The number of hydrogen-bond donors (Lipinski definition) is 2. The van der Waals surface area contributed by atoms with Gasteiger partial charge in [0.2, 0.25) is 0 Å². The molecule has 8 unspecified atom stereocenters. The van der Waals surface area contributed by atoms with E-state index in [1.807, 2.05) is 31.2 Å². The van der Waals surface area contributed by atoms with E-state index in [1.165, 1.54) is 25.7 Å². The SMILES string of the molecule is CCC1(OC(=O)CCS)CC2CC1C1C3CCC(C3)C21.COc1ccc(C(C)OC(=O)c2ccc(S)cc2)cc1. The highest BCUT2D eigenvalue weighted by molar-refractivity contribution is 7.80. The van der Waals surface area contributed by atoms with E-state index >= 15 is 0 Å². The first-order chi connectivity index (χ1) is 19.3. The smallest absolute Gasteiger partial charge is 0.338 e. The standard InChI is InChI=1S/C17H26O2S.C16H16O3S/c1-2-17(19-14(18)5-6-20)9-12-8-13(17)16-11-4-3-10(7-11)15(12)16;1-11(12-3-7-14(18-2)8-4-12)19-16(17)13-5-9-15(20)10-6-13/h10-13,15-16,20H,2-9H2,1H3;3-11,20H,1-2H3. The van der Waals surface area contributed by atoms with Crippen LogP contribution in [0, 0.1) is 35.5 Å². The lowest BCUT2D eigenvalue weighted by atomic mass is 9.65. The van der Waals surface area contributed by atoms with Crippen LogP contribution in [-0.4, -0.2) is 30.4 Å². The number of benzene rings is 2. The number of ether oxygens (including phenoxy) is 3. The summed E-state index contributed by atoms with van der Waals surface area (Å²) < 4.78 is 16.6. The molecule has 4 bridgehead atoms. The maximum atomic E-state index is 12.0. The zero-order chi connectivity index (χ0) is 28.4. The quantitative estimate of drug-likeness (QED) is 0.191. The van der Waals surface area contributed by atoms with Crippen molar-refractivity contribution < 1.29 is 23.8 Å². The van der Waals surface area contributed by atoms with E-state index in [4.69, 9.17) is 14.2 Å². The number of hydrogen-bond acceptors (Lipinski definition) is 7. The van der Waals surface area contributed by atoms with Gasteiger partial charge in [-0.1, -0.05) is 19.1 Å². The second kappa shape index (κ2) is 12.4. The minimum atomic E-state index is -0.346. The molecule has 4 aliphatic carbocycles. The molecule has 216 valence electrons. The van der Waals surface area contributed by atoms with E-state index in [0.717, 1.165) is 58.6 Å². The molecule has 5 nitrogen and oxygen atoms in total. The fourth-order valence-corrected chi connectivity index (χ4v) is 8.76. The van der Waals surface area contributed by atoms with Gasteiger partial charge in [0.15, 0.2) is 0 Å². The zero-order valence-electron chi connectivity index (χ0n) is 23.8. The first-order valence-electron chi connectivity index (χ1n) is 14.7. The fourth-order valence-electron chi connectivity index (χ4n) is 8.43. The number of methoxy groups -OCH3 is 1. The molecule has 4 saturated carbocycles. The Morgan fingerprint density at radius 2 is 1.65 bits per heavy atom. The summed E-state index contributed by atoms with van der Waals surface area (Å²) in [5, 5.41) is 0. The fraction of sp³-hybridized carbons (Fsp3) is 0.576. The molecule has 0 saturated heterocycles. The number of thiol groups is 2. The van der Waals surface area contributed by atoms with E-state index in [0.29, 0.717) is 23.7 Å². The molecule has 7 heteroatoms. The second-order valence-corrected chi connectivity index (χ2v) is 13.0. The van der Waals surface area contributed by atoms with Crippen LogP contribution in [0.4, 0.5) is 0 Å². The molecule has 40 heavy (non-hydrogen) atoms. The first kappa shape index (κ1) is 29.4. The predicted molar refractivity (Wildman–Crippen MR) is 162 cm³/mol. The van der Waals surface area contributed by atoms with Crippen LogP contribution >= 0.6 is 25.3 Å². The van der Waals surface area contributed by atoms with Crippen LogP contribution in [0.2, 0.25) is 0 Å². The number of carbonyl (C=O) groups excluding carboxylic acids is 2. The Hall–Kier alpha value is -2.12. The lowest BCUT2D eigenvalue weighted by molar-refractivity contribution is -0.172. The Labute approximate surface area is 249 Å². The summed E-state index contributed by atoms with van der Waals surface area (Å²) in [7, 11) is 1.61. The lowest BCUT2D eigenvalue weighted by Gasteiger charge is -2.45. The summed E-state index contributed by atoms with van der Waals surface area (Å²) >= 11 is 8.34. The average molecular weight is 583 g/mol. The molecular weight excluding hydrogens is 540 g/mol. The van der Waals surface area contributed by atoms with Gasteiger partial charge in [-0.25, -0.2) is 4.79 Å². The third-order valence-electron chi connectivity index (χ3n) is 10.1. The molecule has 8 atom stereocenters. The highest BCUT2D eigenvalue weighted by atomic mass is 32.1. The third kappa shape index (κ3) is 5.78. The van der Waals surface area contributed by atoms with E-state index in [-0.39, 0.29) is 23.6 Å². The molecule has 0 heterocycles. The van der Waals surface area contributed by atoms with Crippen LogP contribution in [-0.2, 0) is 14.3 Å². The summed E-state index contributed by atoms with van der Waals surface area (Å²) in [5.74, 6) is 6.37. The predicted octanol–water partition coefficient (Wildman–Crippen LogP) is 7.60. The van der Waals surface area contributed by atoms with Crippen LogP contribution < -0.4 is 4.74 Å². The molecule has 6 rings (SSSR count). The molecular formula is C33H42O5S2. The van der Waals surface area contributed by atoms with Crippen molar-refractivity contribution in [2.45, 2.75) is 75.4 Å². The molecule has 0 spiro atoms. The normalized spacial score (nSPS) is 31.6. The minimum Gasteiger partial charge on any atom is -0.497 e.